The lowest BCUT2D eigenvalue weighted by Gasteiger charge is -2.23. The van der Waals surface area contributed by atoms with Crippen LogP contribution in [0.5, 0.6) is 0 Å². The quantitative estimate of drug-likeness (QED) is 0.351. The van der Waals surface area contributed by atoms with Crippen LogP contribution in [0.1, 0.15) is 5.56 Å². The predicted molar refractivity (Wildman–Crippen MR) is 117 cm³/mol. The molecule has 4 aromatic rings. The molecule has 0 fully saturated rings. The standard InChI is InChI=1S/C25H20NP/c1-19-15-17-20(18-16-19)26-27(21-9-3-2-4-10-21)24-13-7-5-11-22(24)23-12-6-8-14-25(23)27/h2-18H,1H3. The lowest BCUT2D eigenvalue weighted by atomic mass is 10.1. The Hall–Kier alpha value is -2.89. The summed E-state index contributed by atoms with van der Waals surface area (Å²) in [7, 11) is -2.09. The number of hydrogen-bond donors (Lipinski definition) is 0. The summed E-state index contributed by atoms with van der Waals surface area (Å²) in [5, 5.41) is 4.03. The molecule has 4 aromatic carbocycles. The van der Waals surface area contributed by atoms with Crippen molar-refractivity contribution in [3.8, 4) is 11.1 Å². The van der Waals surface area contributed by atoms with Gasteiger partial charge in [-0.3, -0.25) is 4.74 Å². The van der Waals surface area contributed by atoms with Gasteiger partial charge in [0.15, 0.2) is 0 Å². The monoisotopic (exact) mass is 365 g/mol. The van der Waals surface area contributed by atoms with E-state index in [1.54, 1.807) is 0 Å². The molecule has 0 aliphatic carbocycles. The first-order valence-corrected chi connectivity index (χ1v) is 11.0. The zero-order valence-corrected chi connectivity index (χ0v) is 16.1. The van der Waals surface area contributed by atoms with Gasteiger partial charge in [-0.05, 0) is 30.2 Å². The molecule has 0 N–H and O–H groups in total. The molecule has 1 aliphatic rings. The molecule has 0 unspecified atom stereocenters. The van der Waals surface area contributed by atoms with Gasteiger partial charge in [-0.15, -0.1) is 0 Å². The van der Waals surface area contributed by atoms with Gasteiger partial charge in [0.1, 0.15) is 0 Å². The first-order valence-electron chi connectivity index (χ1n) is 9.23. The van der Waals surface area contributed by atoms with Crippen molar-refractivity contribution in [2.24, 2.45) is 4.74 Å². The summed E-state index contributed by atoms with van der Waals surface area (Å²) >= 11 is 0. The average Bonchev–Trinajstić information content (AvgIpc) is 3.02. The van der Waals surface area contributed by atoms with Crippen LogP contribution in [0.25, 0.3) is 11.1 Å². The third-order valence-corrected chi connectivity index (χ3v) is 8.98. The summed E-state index contributed by atoms with van der Waals surface area (Å²) in [6.45, 7) is 2.12. The van der Waals surface area contributed by atoms with Crippen LogP contribution in [0.15, 0.2) is 108 Å². The number of nitrogens with zero attached hydrogens (tertiary/aromatic N) is 1. The molecule has 0 aromatic heterocycles. The first-order chi connectivity index (χ1) is 13.3. The van der Waals surface area contributed by atoms with Crippen LogP contribution in [-0.4, -0.2) is 0 Å². The second-order valence-corrected chi connectivity index (χ2v) is 9.89. The first kappa shape index (κ1) is 16.3. The molecule has 0 amide bonds. The minimum Gasteiger partial charge on any atom is -0.254 e. The van der Waals surface area contributed by atoms with E-state index in [1.165, 1.54) is 32.6 Å². The topological polar surface area (TPSA) is 12.4 Å². The van der Waals surface area contributed by atoms with Crippen molar-refractivity contribution < 1.29 is 0 Å². The normalized spacial score (nSPS) is 13.7. The molecule has 0 atom stereocenters. The zero-order chi connectivity index (χ0) is 18.3. The highest BCUT2D eigenvalue weighted by atomic mass is 31.2. The lowest BCUT2D eigenvalue weighted by molar-refractivity contribution is 1.45. The van der Waals surface area contributed by atoms with Gasteiger partial charge in [0, 0.05) is 15.9 Å². The van der Waals surface area contributed by atoms with Crippen LogP contribution >= 0.6 is 7.05 Å². The van der Waals surface area contributed by atoms with Crippen molar-refractivity contribution in [3.05, 3.63) is 109 Å². The van der Waals surface area contributed by atoms with Crippen molar-refractivity contribution in [3.63, 3.8) is 0 Å². The van der Waals surface area contributed by atoms with Crippen LogP contribution < -0.4 is 15.9 Å². The van der Waals surface area contributed by atoms with Gasteiger partial charge in [-0.25, -0.2) is 0 Å². The van der Waals surface area contributed by atoms with E-state index < -0.39 is 7.05 Å². The lowest BCUT2D eigenvalue weighted by Crippen LogP contribution is -2.20. The van der Waals surface area contributed by atoms with E-state index in [4.69, 9.17) is 4.74 Å². The van der Waals surface area contributed by atoms with Crippen LogP contribution in [0.3, 0.4) is 0 Å². The van der Waals surface area contributed by atoms with Crippen LogP contribution in [0, 0.1) is 6.92 Å². The Bertz CT molecular complexity index is 1120. The SMILES string of the molecule is Cc1ccc(N=P2(c3ccccc3)c3ccccc3-c3ccccc32)cc1. The molecule has 130 valence electrons. The number of benzene rings is 4. The summed E-state index contributed by atoms with van der Waals surface area (Å²) in [6.07, 6.45) is 0. The Kier molecular flexibility index (Phi) is 3.85. The van der Waals surface area contributed by atoms with Crippen molar-refractivity contribution in [1.29, 1.82) is 0 Å². The van der Waals surface area contributed by atoms with E-state index in [0.717, 1.165) is 5.69 Å². The maximum Gasteiger partial charge on any atom is 0.0625 e. The van der Waals surface area contributed by atoms with Gasteiger partial charge in [0.25, 0.3) is 0 Å². The number of rotatable bonds is 2. The van der Waals surface area contributed by atoms with Crippen LogP contribution in [-0.2, 0) is 0 Å². The Morgan fingerprint density at radius 1 is 0.556 bits per heavy atom. The molecule has 2 heteroatoms. The number of hydrogen-bond acceptors (Lipinski definition) is 1. The van der Waals surface area contributed by atoms with E-state index >= 15 is 0 Å². The fourth-order valence-electron chi connectivity index (χ4n) is 3.97. The summed E-state index contributed by atoms with van der Waals surface area (Å²) < 4.78 is 5.49. The summed E-state index contributed by atoms with van der Waals surface area (Å²) in [5.74, 6) is 0. The van der Waals surface area contributed by atoms with Crippen LogP contribution in [0.4, 0.5) is 5.69 Å². The van der Waals surface area contributed by atoms with E-state index in [0.29, 0.717) is 0 Å². The molecular weight excluding hydrogens is 345 g/mol. The third kappa shape index (κ3) is 2.51. The van der Waals surface area contributed by atoms with Crippen molar-refractivity contribution in [2.45, 2.75) is 6.92 Å². The fraction of sp³-hybridized carbons (Fsp3) is 0.0400. The second-order valence-electron chi connectivity index (χ2n) is 6.94. The molecule has 1 heterocycles. The van der Waals surface area contributed by atoms with Gasteiger partial charge in [-0.1, -0.05) is 96.6 Å². The summed E-state index contributed by atoms with van der Waals surface area (Å²) in [5.41, 5.74) is 4.94. The van der Waals surface area contributed by atoms with Gasteiger partial charge in [0.05, 0.1) is 12.7 Å². The molecular formula is C25H20NP. The molecule has 0 saturated heterocycles. The van der Waals surface area contributed by atoms with Crippen molar-refractivity contribution in [2.75, 3.05) is 0 Å². The molecule has 1 aliphatic heterocycles. The molecule has 0 spiro atoms. The maximum atomic E-state index is 5.49. The van der Waals surface area contributed by atoms with E-state index in [9.17, 15) is 0 Å². The van der Waals surface area contributed by atoms with Gasteiger partial charge >= 0.3 is 0 Å². The van der Waals surface area contributed by atoms with E-state index in [-0.39, 0.29) is 0 Å². The van der Waals surface area contributed by atoms with E-state index in [2.05, 4.69) is 110 Å². The average molecular weight is 365 g/mol. The molecule has 27 heavy (non-hydrogen) atoms. The Morgan fingerprint density at radius 3 is 1.67 bits per heavy atom. The minimum atomic E-state index is -2.09. The molecule has 0 saturated carbocycles. The van der Waals surface area contributed by atoms with Crippen molar-refractivity contribution >= 4 is 28.7 Å². The Morgan fingerprint density at radius 2 is 1.07 bits per heavy atom. The highest BCUT2D eigenvalue weighted by molar-refractivity contribution is 7.88. The van der Waals surface area contributed by atoms with Crippen LogP contribution in [0.2, 0.25) is 0 Å². The second kappa shape index (κ2) is 6.37. The Labute approximate surface area is 160 Å². The summed E-state index contributed by atoms with van der Waals surface area (Å²) in [6, 6.07) is 37.0. The zero-order valence-electron chi connectivity index (χ0n) is 15.2. The van der Waals surface area contributed by atoms with Gasteiger partial charge in [0.2, 0.25) is 0 Å². The Balaban J connectivity index is 1.94. The fourth-order valence-corrected chi connectivity index (χ4v) is 7.89. The summed E-state index contributed by atoms with van der Waals surface area (Å²) in [4.78, 5) is 0. The molecule has 0 radical (unpaired) electrons. The molecule has 5 rings (SSSR count). The van der Waals surface area contributed by atoms with E-state index in [1.807, 2.05) is 0 Å². The largest absolute Gasteiger partial charge is 0.254 e. The third-order valence-electron chi connectivity index (χ3n) is 5.22. The predicted octanol–water partition coefficient (Wildman–Crippen LogP) is 5.78. The minimum absolute atomic E-state index is 1.05. The number of aryl methyl sites for hydroxylation is 1. The molecule has 0 bridgehead atoms. The highest BCUT2D eigenvalue weighted by Gasteiger charge is 2.37. The number of fused-ring (bicyclic) bond motifs is 3. The highest BCUT2D eigenvalue weighted by Crippen LogP contribution is 2.56. The smallest absolute Gasteiger partial charge is 0.0625 e. The van der Waals surface area contributed by atoms with Gasteiger partial charge in [-0.2, -0.15) is 0 Å². The maximum absolute atomic E-state index is 5.49. The molecule has 1 nitrogen and oxygen atoms in total. The van der Waals surface area contributed by atoms with Gasteiger partial charge < -0.3 is 0 Å². The van der Waals surface area contributed by atoms with Crippen molar-refractivity contribution in [1.82, 2.24) is 0 Å².